The van der Waals surface area contributed by atoms with E-state index in [1.807, 2.05) is 54.6 Å². The second-order valence-corrected chi connectivity index (χ2v) is 7.37. The number of aryl methyl sites for hydroxylation is 1. The highest BCUT2D eigenvalue weighted by molar-refractivity contribution is 6.16. The first kappa shape index (κ1) is 19.7. The van der Waals surface area contributed by atoms with Crippen LogP contribution < -0.4 is 5.32 Å². The number of fused-ring (bicyclic) bond motifs is 1. The van der Waals surface area contributed by atoms with Crippen molar-refractivity contribution in [1.82, 2.24) is 15.2 Å². The highest BCUT2D eigenvalue weighted by Crippen LogP contribution is 2.24. The van der Waals surface area contributed by atoms with E-state index in [4.69, 9.17) is 9.41 Å². The molecule has 2 aromatic carbocycles. The van der Waals surface area contributed by atoms with Gasteiger partial charge in [-0.3, -0.25) is 9.79 Å². The number of carbonyl (C=O) groups excluding carboxylic acids is 1. The third-order valence-corrected chi connectivity index (χ3v) is 5.17. The van der Waals surface area contributed by atoms with Crippen molar-refractivity contribution in [2.75, 3.05) is 5.32 Å². The van der Waals surface area contributed by atoms with Crippen LogP contribution in [0, 0.1) is 12.7 Å². The summed E-state index contributed by atoms with van der Waals surface area (Å²) >= 11 is 0. The minimum absolute atomic E-state index is 0.0317. The van der Waals surface area contributed by atoms with Crippen LogP contribution in [0.1, 0.15) is 22.4 Å². The Kier molecular flexibility index (Phi) is 5.03. The quantitative estimate of drug-likeness (QED) is 0.530. The van der Waals surface area contributed by atoms with Crippen molar-refractivity contribution in [2.24, 2.45) is 4.99 Å². The number of hydrogen-bond acceptors (Lipinski definition) is 7. The zero-order valence-corrected chi connectivity index (χ0v) is 17.1. The molecule has 0 unspecified atom stereocenters. The Morgan fingerprint density at radius 3 is 2.59 bits per heavy atom. The molecule has 7 nitrogen and oxygen atoms in total. The van der Waals surface area contributed by atoms with Crippen LogP contribution in [0.4, 0.5) is 10.4 Å². The maximum Gasteiger partial charge on any atom is 0.317 e. The van der Waals surface area contributed by atoms with Crippen LogP contribution in [0.2, 0.25) is 0 Å². The number of benzene rings is 2. The summed E-state index contributed by atoms with van der Waals surface area (Å²) in [6.45, 7) is 1.55. The molecule has 0 radical (unpaired) electrons. The average Bonchev–Trinajstić information content (AvgIpc) is 3.22. The van der Waals surface area contributed by atoms with Crippen LogP contribution in [0.25, 0.3) is 11.6 Å². The molecule has 4 aromatic rings. The summed E-state index contributed by atoms with van der Waals surface area (Å²) in [5, 5.41) is 10.9. The summed E-state index contributed by atoms with van der Waals surface area (Å²) in [6.07, 6.45) is -0.693. The first-order valence-corrected chi connectivity index (χ1v) is 10.1. The number of Topliss-reactive ketones (excluding diaryl/α,β-unsaturated/α-hetero) is 1. The predicted molar refractivity (Wildman–Crippen MR) is 117 cm³/mol. The van der Waals surface area contributed by atoms with Crippen LogP contribution in [0.15, 0.2) is 76.1 Å². The van der Waals surface area contributed by atoms with Crippen LogP contribution in [0.3, 0.4) is 0 Å². The maximum absolute atomic E-state index is 13.5. The molecule has 0 bridgehead atoms. The molecule has 158 valence electrons. The Morgan fingerprint density at radius 2 is 1.78 bits per heavy atom. The molecule has 32 heavy (non-hydrogen) atoms. The van der Waals surface area contributed by atoms with E-state index in [0.29, 0.717) is 11.4 Å². The number of rotatable bonds is 4. The van der Waals surface area contributed by atoms with Gasteiger partial charge in [-0.25, -0.2) is 9.37 Å². The molecule has 8 heteroatoms. The van der Waals surface area contributed by atoms with Crippen LogP contribution in [-0.4, -0.2) is 32.8 Å². The Bertz CT molecular complexity index is 1330. The lowest BCUT2D eigenvalue weighted by Crippen LogP contribution is -2.29. The third-order valence-electron chi connectivity index (χ3n) is 5.17. The molecule has 0 spiro atoms. The normalized spacial score (nSPS) is 15.6. The molecular formula is C24H18FN5O2. The minimum Gasteiger partial charge on any atom is -0.402 e. The van der Waals surface area contributed by atoms with E-state index in [9.17, 15) is 9.18 Å². The highest BCUT2D eigenvalue weighted by Gasteiger charge is 2.27. The van der Waals surface area contributed by atoms with Crippen LogP contribution >= 0.6 is 0 Å². The number of hydrogen-bond donors (Lipinski definition) is 1. The van der Waals surface area contributed by atoms with E-state index in [0.717, 1.165) is 16.7 Å². The number of carbonyl (C=O) groups is 1. The van der Waals surface area contributed by atoms with E-state index >= 15 is 0 Å². The van der Waals surface area contributed by atoms with Gasteiger partial charge in [0, 0.05) is 17.5 Å². The first-order valence-electron chi connectivity index (χ1n) is 10.1. The van der Waals surface area contributed by atoms with Gasteiger partial charge >= 0.3 is 6.01 Å². The molecule has 3 heterocycles. The maximum atomic E-state index is 13.5. The number of aliphatic imine (C=N–C) groups is 1. The van der Waals surface area contributed by atoms with E-state index in [1.165, 1.54) is 12.1 Å². The molecule has 2 aromatic heterocycles. The van der Waals surface area contributed by atoms with Gasteiger partial charge in [0.1, 0.15) is 11.5 Å². The van der Waals surface area contributed by atoms with Gasteiger partial charge in [-0.1, -0.05) is 59.7 Å². The number of pyridine rings is 1. The van der Waals surface area contributed by atoms with Crippen molar-refractivity contribution >= 4 is 17.5 Å². The third kappa shape index (κ3) is 3.78. The fourth-order valence-corrected chi connectivity index (χ4v) is 3.56. The number of anilines is 1. The van der Waals surface area contributed by atoms with E-state index in [-0.39, 0.29) is 29.8 Å². The summed E-state index contributed by atoms with van der Waals surface area (Å²) in [4.78, 5) is 21.9. The van der Waals surface area contributed by atoms with Crippen LogP contribution in [-0.2, 0) is 11.2 Å². The molecule has 1 aliphatic heterocycles. The molecule has 1 atom stereocenters. The summed E-state index contributed by atoms with van der Waals surface area (Å²) in [5.41, 5.74) is 4.00. The lowest BCUT2D eigenvalue weighted by Gasteiger charge is -2.11. The largest absolute Gasteiger partial charge is 0.402 e. The van der Waals surface area contributed by atoms with Gasteiger partial charge in [0.25, 0.3) is 5.89 Å². The van der Waals surface area contributed by atoms with Gasteiger partial charge in [-0.2, -0.15) is 0 Å². The molecular weight excluding hydrogens is 409 g/mol. The first-order chi connectivity index (χ1) is 15.6. The van der Waals surface area contributed by atoms with Gasteiger partial charge < -0.3 is 9.73 Å². The predicted octanol–water partition coefficient (Wildman–Crippen LogP) is 3.98. The number of nitrogens with one attached hydrogen (secondary N) is 1. The topological polar surface area (TPSA) is 93.3 Å². The van der Waals surface area contributed by atoms with Crippen LogP contribution in [0.5, 0.6) is 0 Å². The van der Waals surface area contributed by atoms with Gasteiger partial charge in [-0.15, -0.1) is 5.10 Å². The second-order valence-electron chi connectivity index (χ2n) is 7.37. The number of ketones is 1. The number of aromatic nitrogens is 3. The molecule has 1 aliphatic rings. The van der Waals surface area contributed by atoms with Gasteiger partial charge in [0.15, 0.2) is 11.9 Å². The van der Waals surface area contributed by atoms with E-state index in [2.05, 4.69) is 20.5 Å². The Labute approximate surface area is 183 Å². The van der Waals surface area contributed by atoms with E-state index < -0.39 is 12.0 Å². The Balaban J connectivity index is 1.49. The lowest BCUT2D eigenvalue weighted by atomic mass is 9.96. The lowest BCUT2D eigenvalue weighted by molar-refractivity contribution is -0.119. The molecule has 0 saturated heterocycles. The summed E-state index contributed by atoms with van der Waals surface area (Å²) < 4.78 is 19.1. The van der Waals surface area contributed by atoms with Crippen molar-refractivity contribution in [3.05, 3.63) is 94.9 Å². The van der Waals surface area contributed by atoms with E-state index in [1.54, 1.807) is 6.92 Å². The smallest absolute Gasteiger partial charge is 0.317 e. The monoisotopic (exact) mass is 427 g/mol. The Hall–Kier alpha value is -4.20. The molecule has 1 N–H and O–H groups in total. The summed E-state index contributed by atoms with van der Waals surface area (Å²) in [5.74, 6) is -0.427. The second kappa shape index (κ2) is 8.14. The average molecular weight is 427 g/mol. The fourth-order valence-electron chi connectivity index (χ4n) is 3.56. The van der Waals surface area contributed by atoms with Crippen molar-refractivity contribution < 1.29 is 13.6 Å². The molecule has 0 aliphatic carbocycles. The zero-order chi connectivity index (χ0) is 22.1. The molecule has 0 amide bonds. The number of halogens is 1. The van der Waals surface area contributed by atoms with Gasteiger partial charge in [0.2, 0.25) is 0 Å². The fraction of sp³-hybridized carbons (Fsp3) is 0.125. The molecule has 0 saturated carbocycles. The van der Waals surface area contributed by atoms with Crippen molar-refractivity contribution in [2.45, 2.75) is 19.5 Å². The van der Waals surface area contributed by atoms with Crippen molar-refractivity contribution in [1.29, 1.82) is 0 Å². The zero-order valence-electron chi connectivity index (χ0n) is 17.1. The van der Waals surface area contributed by atoms with Gasteiger partial charge in [0.05, 0.1) is 11.4 Å². The Morgan fingerprint density at radius 1 is 1.00 bits per heavy atom. The number of nitrogens with zero attached hydrogens (tertiary/aromatic N) is 4. The van der Waals surface area contributed by atoms with Gasteiger partial charge in [-0.05, 0) is 24.6 Å². The summed E-state index contributed by atoms with van der Waals surface area (Å²) in [6, 6.07) is 20.2. The molecule has 0 fully saturated rings. The van der Waals surface area contributed by atoms with Crippen molar-refractivity contribution in [3.63, 3.8) is 0 Å². The minimum atomic E-state index is -0.909. The molecule has 5 rings (SSSR count). The summed E-state index contributed by atoms with van der Waals surface area (Å²) in [7, 11) is 0. The SMILES string of the molecule is Cc1nc(-c2nnc(N[C@H]3N=C(c4ccccc4)c4ccccc4CC3=O)o2)ccc1F. The highest BCUT2D eigenvalue weighted by atomic mass is 19.1. The standard InChI is InChI=1S/C24H18FN5O2/c1-14-18(25)11-12-19(26-14)23-29-30-24(32-23)28-22-20(31)13-16-9-5-6-10-17(16)21(27-22)15-7-3-2-4-8-15/h2-12,22H,13H2,1H3,(H,28,30)/t22-/m1/s1. The van der Waals surface area contributed by atoms with Crippen molar-refractivity contribution in [3.8, 4) is 11.6 Å².